The van der Waals surface area contributed by atoms with E-state index in [0.29, 0.717) is 0 Å². The van der Waals surface area contributed by atoms with Gasteiger partial charge in [0.05, 0.1) is 6.26 Å². The standard InChI is InChI=1S/C18H16N2O4/c1-18(2)9-12-5-3-6-13(17(12)24-18)11-23-20-14(10-19)16(21)15-7-4-8-22-15/h3-8H,9,11H2,1-2H3/b20-14+. The molecule has 1 aliphatic heterocycles. The first-order valence-electron chi connectivity index (χ1n) is 7.48. The molecular formula is C18H16N2O4. The van der Waals surface area contributed by atoms with E-state index in [1.165, 1.54) is 12.3 Å². The van der Waals surface area contributed by atoms with Crippen molar-refractivity contribution in [3.05, 3.63) is 53.5 Å². The summed E-state index contributed by atoms with van der Waals surface area (Å²) in [6, 6.07) is 10.6. The summed E-state index contributed by atoms with van der Waals surface area (Å²) in [5.74, 6) is 0.219. The number of Topliss-reactive ketones (excluding diaryl/α,β-unsaturated/α-hetero) is 1. The van der Waals surface area contributed by atoms with Gasteiger partial charge in [0.1, 0.15) is 24.0 Å². The SMILES string of the molecule is CC1(C)Cc2cccc(CO/N=C(\C#N)C(=O)c3ccco3)c2O1. The Kier molecular flexibility index (Phi) is 4.09. The number of hydrogen-bond acceptors (Lipinski definition) is 6. The molecular weight excluding hydrogens is 308 g/mol. The maximum atomic E-state index is 12.0. The lowest BCUT2D eigenvalue weighted by atomic mass is 10.0. The van der Waals surface area contributed by atoms with E-state index in [1.807, 2.05) is 32.0 Å². The molecule has 0 radical (unpaired) electrons. The average molecular weight is 324 g/mol. The Bertz CT molecular complexity index is 829. The summed E-state index contributed by atoms with van der Waals surface area (Å²) >= 11 is 0. The maximum Gasteiger partial charge on any atom is 0.260 e. The first-order valence-corrected chi connectivity index (χ1v) is 7.48. The Hall–Kier alpha value is -3.07. The number of oxime groups is 1. The quantitative estimate of drug-likeness (QED) is 0.479. The molecule has 122 valence electrons. The highest BCUT2D eigenvalue weighted by Gasteiger charge is 2.31. The molecule has 2 heterocycles. The second-order valence-corrected chi connectivity index (χ2v) is 6.08. The van der Waals surface area contributed by atoms with Crippen molar-refractivity contribution >= 4 is 11.5 Å². The number of para-hydroxylation sites is 1. The first-order chi connectivity index (χ1) is 11.5. The molecule has 0 unspecified atom stereocenters. The minimum absolute atomic E-state index is 0.0459. The van der Waals surface area contributed by atoms with E-state index in [1.54, 1.807) is 12.1 Å². The predicted molar refractivity (Wildman–Crippen MR) is 85.7 cm³/mol. The zero-order valence-electron chi connectivity index (χ0n) is 13.4. The molecule has 1 aromatic carbocycles. The van der Waals surface area contributed by atoms with Crippen LogP contribution in [0.2, 0.25) is 0 Å². The molecule has 1 aliphatic rings. The summed E-state index contributed by atoms with van der Waals surface area (Å²) in [5.41, 5.74) is 1.31. The van der Waals surface area contributed by atoms with Gasteiger partial charge in [-0.3, -0.25) is 4.79 Å². The van der Waals surface area contributed by atoms with Gasteiger partial charge in [0, 0.05) is 12.0 Å². The average Bonchev–Trinajstić information content (AvgIpc) is 3.17. The van der Waals surface area contributed by atoms with Gasteiger partial charge < -0.3 is 14.0 Å². The number of benzene rings is 1. The minimum atomic E-state index is -0.613. The van der Waals surface area contributed by atoms with Crippen molar-refractivity contribution in [3.63, 3.8) is 0 Å². The molecule has 2 aromatic rings. The summed E-state index contributed by atoms with van der Waals surface area (Å²) in [6.45, 7) is 4.15. The van der Waals surface area contributed by atoms with Crippen molar-refractivity contribution in [3.8, 4) is 11.8 Å². The van der Waals surface area contributed by atoms with Crippen molar-refractivity contribution in [2.45, 2.75) is 32.5 Å². The number of ketones is 1. The third kappa shape index (κ3) is 3.15. The van der Waals surface area contributed by atoms with Crippen LogP contribution < -0.4 is 4.74 Å². The Morgan fingerprint density at radius 2 is 2.21 bits per heavy atom. The van der Waals surface area contributed by atoms with Crippen LogP contribution in [0.25, 0.3) is 0 Å². The number of fused-ring (bicyclic) bond motifs is 1. The number of hydrogen-bond donors (Lipinski definition) is 0. The van der Waals surface area contributed by atoms with Gasteiger partial charge in [-0.25, -0.2) is 0 Å². The second kappa shape index (κ2) is 6.20. The zero-order valence-corrected chi connectivity index (χ0v) is 13.4. The summed E-state index contributed by atoms with van der Waals surface area (Å²) < 4.78 is 10.9. The highest BCUT2D eigenvalue weighted by atomic mass is 16.6. The first kappa shape index (κ1) is 15.8. The Morgan fingerprint density at radius 3 is 2.92 bits per heavy atom. The highest BCUT2D eigenvalue weighted by molar-refractivity contribution is 6.50. The van der Waals surface area contributed by atoms with Crippen molar-refractivity contribution < 1.29 is 18.8 Å². The van der Waals surface area contributed by atoms with Crippen LogP contribution in [0.3, 0.4) is 0 Å². The predicted octanol–water partition coefficient (Wildman–Crippen LogP) is 3.27. The summed E-state index contributed by atoms with van der Waals surface area (Å²) in [7, 11) is 0. The van der Waals surface area contributed by atoms with Gasteiger partial charge in [0.15, 0.2) is 5.76 Å². The molecule has 0 fully saturated rings. The molecule has 0 N–H and O–H groups in total. The van der Waals surface area contributed by atoms with Gasteiger partial charge in [0.2, 0.25) is 5.71 Å². The molecule has 0 saturated carbocycles. The maximum absolute atomic E-state index is 12.0. The van der Waals surface area contributed by atoms with Crippen LogP contribution in [0, 0.1) is 11.3 Å². The summed E-state index contributed by atoms with van der Waals surface area (Å²) in [6.07, 6.45) is 2.18. The topological polar surface area (TPSA) is 84.8 Å². The van der Waals surface area contributed by atoms with E-state index in [2.05, 4.69) is 5.16 Å². The van der Waals surface area contributed by atoms with Crippen LogP contribution in [0.4, 0.5) is 0 Å². The van der Waals surface area contributed by atoms with Crippen LogP contribution >= 0.6 is 0 Å². The van der Waals surface area contributed by atoms with Gasteiger partial charge in [-0.05, 0) is 31.5 Å². The smallest absolute Gasteiger partial charge is 0.260 e. The van der Waals surface area contributed by atoms with Crippen LogP contribution in [0.15, 0.2) is 46.2 Å². The van der Waals surface area contributed by atoms with Crippen LogP contribution in [0.5, 0.6) is 5.75 Å². The lowest BCUT2D eigenvalue weighted by molar-refractivity contribution is 0.100. The van der Waals surface area contributed by atoms with Gasteiger partial charge in [-0.15, -0.1) is 0 Å². The van der Waals surface area contributed by atoms with Crippen molar-refractivity contribution in [2.75, 3.05) is 0 Å². The third-order valence-corrected chi connectivity index (χ3v) is 3.61. The number of nitrogens with zero attached hydrogens (tertiary/aromatic N) is 2. The number of ether oxygens (including phenoxy) is 1. The lowest BCUT2D eigenvalue weighted by Crippen LogP contribution is -2.24. The zero-order chi connectivity index (χ0) is 17.2. The van der Waals surface area contributed by atoms with Gasteiger partial charge >= 0.3 is 0 Å². The van der Waals surface area contributed by atoms with Crippen molar-refractivity contribution in [1.29, 1.82) is 5.26 Å². The molecule has 24 heavy (non-hydrogen) atoms. The molecule has 0 saturated heterocycles. The molecule has 6 nitrogen and oxygen atoms in total. The third-order valence-electron chi connectivity index (χ3n) is 3.61. The second-order valence-electron chi connectivity index (χ2n) is 6.08. The Morgan fingerprint density at radius 1 is 1.38 bits per heavy atom. The molecule has 1 aromatic heterocycles. The molecule has 0 bridgehead atoms. The molecule has 6 heteroatoms. The van der Waals surface area contributed by atoms with E-state index >= 15 is 0 Å². The van der Waals surface area contributed by atoms with Gasteiger partial charge in [-0.2, -0.15) is 5.26 Å². The molecule has 0 aliphatic carbocycles. The fourth-order valence-electron chi connectivity index (χ4n) is 2.60. The van der Waals surface area contributed by atoms with Crippen molar-refractivity contribution in [2.24, 2.45) is 5.16 Å². The number of rotatable bonds is 5. The van der Waals surface area contributed by atoms with Crippen LogP contribution in [-0.4, -0.2) is 17.1 Å². The monoisotopic (exact) mass is 324 g/mol. The van der Waals surface area contributed by atoms with Crippen LogP contribution in [-0.2, 0) is 17.9 Å². The van der Waals surface area contributed by atoms with Crippen molar-refractivity contribution in [1.82, 2.24) is 0 Å². The van der Waals surface area contributed by atoms with E-state index < -0.39 is 5.78 Å². The summed E-state index contributed by atoms with van der Waals surface area (Å²) in [4.78, 5) is 17.2. The van der Waals surface area contributed by atoms with E-state index in [0.717, 1.165) is 23.3 Å². The summed E-state index contributed by atoms with van der Waals surface area (Å²) in [5, 5.41) is 12.7. The number of carbonyl (C=O) groups excluding carboxylic acids is 1. The normalized spacial score (nSPS) is 15.3. The van der Waals surface area contributed by atoms with E-state index in [9.17, 15) is 4.79 Å². The highest BCUT2D eigenvalue weighted by Crippen LogP contribution is 2.37. The molecule has 0 atom stereocenters. The van der Waals surface area contributed by atoms with Gasteiger partial charge in [-0.1, -0.05) is 23.4 Å². The molecule has 0 amide bonds. The Labute approximate surface area is 139 Å². The number of nitriles is 1. The van der Waals surface area contributed by atoms with Gasteiger partial charge in [0.25, 0.3) is 5.78 Å². The molecule has 3 rings (SSSR count). The lowest BCUT2D eigenvalue weighted by Gasteiger charge is -2.18. The molecule has 0 spiro atoms. The minimum Gasteiger partial charge on any atom is -0.487 e. The fraction of sp³-hybridized carbons (Fsp3) is 0.278. The van der Waals surface area contributed by atoms with E-state index in [4.69, 9.17) is 19.3 Å². The van der Waals surface area contributed by atoms with E-state index in [-0.39, 0.29) is 23.7 Å². The largest absolute Gasteiger partial charge is 0.487 e. The number of carbonyl (C=O) groups is 1. The van der Waals surface area contributed by atoms with Crippen LogP contribution in [0.1, 0.15) is 35.5 Å². The fourth-order valence-corrected chi connectivity index (χ4v) is 2.60. The number of furan rings is 1. The Balaban J connectivity index is 1.72.